The number of benzene rings is 2. The average molecular weight is 465 g/mol. The summed E-state index contributed by atoms with van der Waals surface area (Å²) in [7, 11) is 3.57. The fourth-order valence-corrected chi connectivity index (χ4v) is 3.92. The summed E-state index contributed by atoms with van der Waals surface area (Å²) in [5, 5.41) is 0. The van der Waals surface area contributed by atoms with Crippen LogP contribution in [-0.4, -0.2) is 84.6 Å². The van der Waals surface area contributed by atoms with Gasteiger partial charge in [-0.15, -0.1) is 0 Å². The molecule has 1 saturated heterocycles. The molecule has 0 bridgehead atoms. The van der Waals surface area contributed by atoms with Gasteiger partial charge in [0.15, 0.2) is 6.10 Å². The molecule has 1 aliphatic rings. The first kappa shape index (κ1) is 25.0. The van der Waals surface area contributed by atoms with Crippen LogP contribution in [0.3, 0.4) is 0 Å². The van der Waals surface area contributed by atoms with Crippen molar-refractivity contribution in [3.05, 3.63) is 65.2 Å². The van der Waals surface area contributed by atoms with E-state index in [2.05, 4.69) is 4.99 Å². The average Bonchev–Trinajstić information content (AvgIpc) is 2.83. The molecule has 180 valence electrons. The molecule has 34 heavy (non-hydrogen) atoms. The predicted molar refractivity (Wildman–Crippen MR) is 131 cm³/mol. The molecule has 0 aliphatic carbocycles. The van der Waals surface area contributed by atoms with E-state index in [0.717, 1.165) is 0 Å². The minimum atomic E-state index is -0.742. The molecular formula is C26H32N4O4. The largest absolute Gasteiger partial charge is 0.481 e. The van der Waals surface area contributed by atoms with E-state index in [4.69, 9.17) is 4.74 Å². The lowest BCUT2D eigenvalue weighted by molar-refractivity contribution is -0.142. The molecule has 3 amide bonds. The maximum absolute atomic E-state index is 13.2. The van der Waals surface area contributed by atoms with Gasteiger partial charge in [-0.05, 0) is 45.0 Å². The van der Waals surface area contributed by atoms with Gasteiger partial charge >= 0.3 is 0 Å². The molecular weight excluding hydrogens is 432 g/mol. The number of carbonyl (C=O) groups excluding carboxylic acids is 3. The van der Waals surface area contributed by atoms with Crippen molar-refractivity contribution in [2.75, 3.05) is 33.7 Å². The van der Waals surface area contributed by atoms with Crippen LogP contribution in [0.5, 0.6) is 5.75 Å². The van der Waals surface area contributed by atoms with Gasteiger partial charge in [0.25, 0.3) is 17.7 Å². The Morgan fingerprint density at radius 1 is 1.09 bits per heavy atom. The van der Waals surface area contributed by atoms with E-state index in [1.165, 1.54) is 6.34 Å². The third-order valence-corrected chi connectivity index (χ3v) is 5.79. The molecule has 0 saturated carbocycles. The fraction of sp³-hybridized carbons (Fsp3) is 0.385. The van der Waals surface area contributed by atoms with E-state index in [1.807, 2.05) is 25.1 Å². The number of amides is 3. The van der Waals surface area contributed by atoms with Gasteiger partial charge in [0.2, 0.25) is 0 Å². The van der Waals surface area contributed by atoms with Crippen LogP contribution in [0.25, 0.3) is 0 Å². The molecule has 3 rings (SSSR count). The number of hydrogen-bond acceptors (Lipinski definition) is 4. The Labute approximate surface area is 200 Å². The second-order valence-electron chi connectivity index (χ2n) is 8.70. The lowest BCUT2D eigenvalue weighted by Gasteiger charge is -2.40. The van der Waals surface area contributed by atoms with Gasteiger partial charge in [-0.25, -0.2) is 0 Å². The van der Waals surface area contributed by atoms with Crippen molar-refractivity contribution in [2.45, 2.75) is 32.9 Å². The van der Waals surface area contributed by atoms with Crippen molar-refractivity contribution in [1.29, 1.82) is 0 Å². The van der Waals surface area contributed by atoms with Crippen LogP contribution in [0.2, 0.25) is 0 Å². The van der Waals surface area contributed by atoms with E-state index in [-0.39, 0.29) is 23.8 Å². The Bertz CT molecular complexity index is 1070. The van der Waals surface area contributed by atoms with Gasteiger partial charge in [0, 0.05) is 56.5 Å². The Morgan fingerprint density at radius 3 is 2.44 bits per heavy atom. The monoisotopic (exact) mass is 464 g/mol. The van der Waals surface area contributed by atoms with Crippen molar-refractivity contribution in [2.24, 2.45) is 4.99 Å². The summed E-state index contributed by atoms with van der Waals surface area (Å²) in [6.45, 7) is 6.77. The molecule has 2 aromatic rings. The molecule has 2 atom stereocenters. The zero-order valence-electron chi connectivity index (χ0n) is 20.4. The number of ether oxygens (including phenoxy) is 1. The van der Waals surface area contributed by atoms with Crippen molar-refractivity contribution in [3.63, 3.8) is 0 Å². The summed E-state index contributed by atoms with van der Waals surface area (Å²) < 4.78 is 5.98. The van der Waals surface area contributed by atoms with Gasteiger partial charge in [-0.1, -0.05) is 24.3 Å². The second kappa shape index (κ2) is 11.0. The summed E-state index contributed by atoms with van der Waals surface area (Å²) in [6, 6.07) is 14.2. The lowest BCUT2D eigenvalue weighted by atomic mass is 10.1. The second-order valence-corrected chi connectivity index (χ2v) is 8.70. The molecule has 1 aliphatic heterocycles. The standard InChI is InChI=1S/C26H32N4O4/c1-18-16-29(26(33)21-10-7-6-8-11-21)14-15-30(18)25(32)20(3)34-23-13-9-12-22(19(23)2)24(31)27-17-28(4)5/h6-13,17-18,20H,14-16H2,1-5H3. The smallest absolute Gasteiger partial charge is 0.278 e. The Morgan fingerprint density at radius 2 is 1.79 bits per heavy atom. The zero-order chi connectivity index (χ0) is 24.8. The molecule has 0 aromatic heterocycles. The summed E-state index contributed by atoms with van der Waals surface area (Å²) in [5.41, 5.74) is 1.71. The van der Waals surface area contributed by atoms with Crippen LogP contribution in [0.15, 0.2) is 53.5 Å². The van der Waals surface area contributed by atoms with E-state index >= 15 is 0 Å². The van der Waals surface area contributed by atoms with Gasteiger partial charge in [-0.2, -0.15) is 4.99 Å². The van der Waals surface area contributed by atoms with E-state index < -0.39 is 6.10 Å². The fourth-order valence-electron chi connectivity index (χ4n) is 3.92. The number of rotatable bonds is 6. The maximum Gasteiger partial charge on any atom is 0.278 e. The third-order valence-electron chi connectivity index (χ3n) is 5.79. The van der Waals surface area contributed by atoms with Crippen LogP contribution in [0.4, 0.5) is 0 Å². The minimum absolute atomic E-state index is 0.0297. The van der Waals surface area contributed by atoms with Gasteiger partial charge in [0.1, 0.15) is 5.75 Å². The number of nitrogens with zero attached hydrogens (tertiary/aromatic N) is 4. The van der Waals surface area contributed by atoms with E-state index in [0.29, 0.717) is 42.1 Å². The van der Waals surface area contributed by atoms with Crippen LogP contribution in [0, 0.1) is 6.92 Å². The SMILES string of the molecule is Cc1c(OC(C)C(=O)N2CCN(C(=O)c3ccccc3)CC2C)cccc1C(=O)N=CN(C)C. The molecule has 0 N–H and O–H groups in total. The van der Waals surface area contributed by atoms with Crippen molar-refractivity contribution < 1.29 is 19.1 Å². The number of hydrogen-bond donors (Lipinski definition) is 0. The summed E-state index contributed by atoms with van der Waals surface area (Å²) in [4.78, 5) is 47.5. The summed E-state index contributed by atoms with van der Waals surface area (Å²) in [5.74, 6) is -0.0836. The van der Waals surface area contributed by atoms with Crippen LogP contribution < -0.4 is 4.74 Å². The highest BCUT2D eigenvalue weighted by molar-refractivity contribution is 6.00. The van der Waals surface area contributed by atoms with Gasteiger partial charge in [0.05, 0.1) is 6.34 Å². The Kier molecular flexibility index (Phi) is 8.04. The number of carbonyl (C=O) groups is 3. The van der Waals surface area contributed by atoms with Crippen LogP contribution in [0.1, 0.15) is 40.1 Å². The molecule has 0 spiro atoms. The number of piperazine rings is 1. The summed E-state index contributed by atoms with van der Waals surface area (Å²) >= 11 is 0. The third kappa shape index (κ3) is 5.81. The normalized spacial score (nSPS) is 16.9. The predicted octanol–water partition coefficient (Wildman–Crippen LogP) is 2.87. The topological polar surface area (TPSA) is 82.5 Å². The minimum Gasteiger partial charge on any atom is -0.481 e. The summed E-state index contributed by atoms with van der Waals surface area (Å²) in [6.07, 6.45) is 0.707. The molecule has 8 heteroatoms. The molecule has 8 nitrogen and oxygen atoms in total. The zero-order valence-corrected chi connectivity index (χ0v) is 20.4. The first-order valence-electron chi connectivity index (χ1n) is 11.3. The molecule has 2 unspecified atom stereocenters. The van der Waals surface area contributed by atoms with Crippen LogP contribution >= 0.6 is 0 Å². The first-order valence-corrected chi connectivity index (χ1v) is 11.3. The first-order chi connectivity index (χ1) is 16.2. The highest BCUT2D eigenvalue weighted by Crippen LogP contribution is 2.24. The van der Waals surface area contributed by atoms with Crippen molar-refractivity contribution >= 4 is 24.1 Å². The van der Waals surface area contributed by atoms with Crippen molar-refractivity contribution in [3.8, 4) is 5.75 Å². The van der Waals surface area contributed by atoms with Crippen LogP contribution in [-0.2, 0) is 4.79 Å². The molecule has 1 heterocycles. The van der Waals surface area contributed by atoms with Crippen molar-refractivity contribution in [1.82, 2.24) is 14.7 Å². The molecule has 0 radical (unpaired) electrons. The quantitative estimate of drug-likeness (QED) is 0.485. The highest BCUT2D eigenvalue weighted by atomic mass is 16.5. The number of aliphatic imine (C=N–C) groups is 1. The lowest BCUT2D eigenvalue weighted by Crippen LogP contribution is -2.57. The maximum atomic E-state index is 13.2. The highest BCUT2D eigenvalue weighted by Gasteiger charge is 2.33. The van der Waals surface area contributed by atoms with E-state index in [1.54, 1.807) is 73.0 Å². The Hall–Kier alpha value is -3.68. The molecule has 2 aromatic carbocycles. The van der Waals surface area contributed by atoms with Gasteiger partial charge < -0.3 is 19.4 Å². The molecule has 1 fully saturated rings. The van der Waals surface area contributed by atoms with E-state index in [9.17, 15) is 14.4 Å². The Balaban J connectivity index is 1.65. The van der Waals surface area contributed by atoms with Gasteiger partial charge in [-0.3, -0.25) is 14.4 Å².